The first kappa shape index (κ1) is 19.6. The maximum absolute atomic E-state index is 12.3. The van der Waals surface area contributed by atoms with Crippen molar-refractivity contribution in [3.05, 3.63) is 59.7 Å². The SMILES string of the molecule is CC(=O)Oc1cccc(CC2COC(=O)C2Cc2cccc(OC(C)=O)c2)c1. The summed E-state index contributed by atoms with van der Waals surface area (Å²) in [5.74, 6) is -0.311. The highest BCUT2D eigenvalue weighted by molar-refractivity contribution is 5.75. The van der Waals surface area contributed by atoms with Crippen LogP contribution < -0.4 is 9.47 Å². The monoisotopic (exact) mass is 382 g/mol. The Morgan fingerprint density at radius 1 is 0.929 bits per heavy atom. The summed E-state index contributed by atoms with van der Waals surface area (Å²) in [6, 6.07) is 14.5. The number of rotatable bonds is 6. The second-order valence-corrected chi connectivity index (χ2v) is 6.89. The van der Waals surface area contributed by atoms with E-state index in [1.165, 1.54) is 13.8 Å². The predicted octanol–water partition coefficient (Wildman–Crippen LogP) is 3.11. The molecule has 2 atom stereocenters. The van der Waals surface area contributed by atoms with Crippen molar-refractivity contribution in [2.45, 2.75) is 26.7 Å². The number of hydrogen-bond donors (Lipinski definition) is 0. The molecule has 0 saturated carbocycles. The van der Waals surface area contributed by atoms with Gasteiger partial charge in [0, 0.05) is 19.8 Å². The highest BCUT2D eigenvalue weighted by Crippen LogP contribution is 2.30. The number of benzene rings is 2. The Morgan fingerprint density at radius 2 is 1.46 bits per heavy atom. The van der Waals surface area contributed by atoms with Crippen molar-refractivity contribution in [1.82, 2.24) is 0 Å². The van der Waals surface area contributed by atoms with Crippen molar-refractivity contribution in [2.75, 3.05) is 6.61 Å². The number of ether oxygens (including phenoxy) is 3. The molecular formula is C22H22O6. The van der Waals surface area contributed by atoms with Gasteiger partial charge in [0.2, 0.25) is 0 Å². The van der Waals surface area contributed by atoms with Crippen molar-refractivity contribution in [1.29, 1.82) is 0 Å². The van der Waals surface area contributed by atoms with E-state index in [9.17, 15) is 14.4 Å². The topological polar surface area (TPSA) is 78.9 Å². The lowest BCUT2D eigenvalue weighted by atomic mass is 9.85. The van der Waals surface area contributed by atoms with Crippen LogP contribution >= 0.6 is 0 Å². The average Bonchev–Trinajstić information content (AvgIpc) is 2.94. The summed E-state index contributed by atoms with van der Waals surface area (Å²) >= 11 is 0. The third-order valence-corrected chi connectivity index (χ3v) is 4.59. The van der Waals surface area contributed by atoms with Crippen LogP contribution in [0.25, 0.3) is 0 Å². The zero-order valence-electron chi connectivity index (χ0n) is 15.8. The first-order valence-electron chi connectivity index (χ1n) is 9.12. The molecule has 0 aromatic heterocycles. The second kappa shape index (κ2) is 8.69. The molecule has 1 saturated heterocycles. The molecule has 0 spiro atoms. The molecule has 2 aromatic carbocycles. The fourth-order valence-electron chi connectivity index (χ4n) is 3.42. The third kappa shape index (κ3) is 5.19. The molecule has 6 nitrogen and oxygen atoms in total. The lowest BCUT2D eigenvalue weighted by Gasteiger charge is -2.16. The van der Waals surface area contributed by atoms with E-state index in [-0.39, 0.29) is 29.7 Å². The van der Waals surface area contributed by atoms with Crippen LogP contribution in [0.15, 0.2) is 48.5 Å². The molecule has 2 aromatic rings. The molecule has 0 bridgehead atoms. The van der Waals surface area contributed by atoms with Gasteiger partial charge in [-0.05, 0) is 48.2 Å². The lowest BCUT2D eigenvalue weighted by molar-refractivity contribution is -0.141. The standard InChI is InChI=1S/C22H22O6/c1-14(23)27-19-7-3-5-16(10-19)9-18-13-26-22(25)21(18)12-17-6-4-8-20(11-17)28-15(2)24/h3-8,10-11,18,21H,9,12-13H2,1-2H3. The molecule has 6 heteroatoms. The fourth-order valence-corrected chi connectivity index (χ4v) is 3.42. The fraction of sp³-hybridized carbons (Fsp3) is 0.318. The first-order chi connectivity index (χ1) is 13.4. The Morgan fingerprint density at radius 3 is 2.00 bits per heavy atom. The van der Waals surface area contributed by atoms with Crippen LogP contribution in [0.5, 0.6) is 11.5 Å². The van der Waals surface area contributed by atoms with E-state index in [2.05, 4.69) is 0 Å². The number of esters is 3. The Bertz CT molecular complexity index is 888. The van der Waals surface area contributed by atoms with Gasteiger partial charge in [0.15, 0.2) is 0 Å². The molecule has 1 aliphatic heterocycles. The van der Waals surface area contributed by atoms with E-state index in [1.54, 1.807) is 24.3 Å². The van der Waals surface area contributed by atoms with Crippen LogP contribution in [0, 0.1) is 11.8 Å². The Kier molecular flexibility index (Phi) is 6.09. The minimum atomic E-state index is -0.386. The molecule has 1 fully saturated rings. The molecule has 2 unspecified atom stereocenters. The second-order valence-electron chi connectivity index (χ2n) is 6.89. The highest BCUT2D eigenvalue weighted by Gasteiger charge is 2.36. The Labute approximate surface area is 163 Å². The largest absolute Gasteiger partial charge is 0.465 e. The van der Waals surface area contributed by atoms with Crippen molar-refractivity contribution in [2.24, 2.45) is 11.8 Å². The van der Waals surface area contributed by atoms with E-state index >= 15 is 0 Å². The third-order valence-electron chi connectivity index (χ3n) is 4.59. The van der Waals surface area contributed by atoms with Gasteiger partial charge in [-0.3, -0.25) is 14.4 Å². The summed E-state index contributed by atoms with van der Waals surface area (Å²) in [5, 5.41) is 0. The summed E-state index contributed by atoms with van der Waals surface area (Å²) in [5.41, 5.74) is 1.88. The van der Waals surface area contributed by atoms with Crippen molar-refractivity contribution >= 4 is 17.9 Å². The normalized spacial score (nSPS) is 18.4. The van der Waals surface area contributed by atoms with Gasteiger partial charge in [-0.1, -0.05) is 24.3 Å². The molecule has 1 aliphatic rings. The van der Waals surface area contributed by atoms with Crippen LogP contribution in [0.2, 0.25) is 0 Å². The Balaban J connectivity index is 1.71. The minimum Gasteiger partial charge on any atom is -0.465 e. The van der Waals surface area contributed by atoms with Gasteiger partial charge < -0.3 is 14.2 Å². The molecule has 0 radical (unpaired) electrons. The molecule has 3 rings (SSSR count). The van der Waals surface area contributed by atoms with E-state index < -0.39 is 0 Å². The molecular weight excluding hydrogens is 360 g/mol. The number of hydrogen-bond acceptors (Lipinski definition) is 6. The zero-order valence-corrected chi connectivity index (χ0v) is 15.8. The molecule has 0 N–H and O–H groups in total. The van der Waals surface area contributed by atoms with Gasteiger partial charge in [0.1, 0.15) is 11.5 Å². The highest BCUT2D eigenvalue weighted by atomic mass is 16.5. The average molecular weight is 382 g/mol. The number of cyclic esters (lactones) is 1. The van der Waals surface area contributed by atoms with Crippen LogP contribution in [0.1, 0.15) is 25.0 Å². The van der Waals surface area contributed by atoms with Gasteiger partial charge in [-0.2, -0.15) is 0 Å². The summed E-state index contributed by atoms with van der Waals surface area (Å²) < 4.78 is 15.5. The van der Waals surface area contributed by atoms with E-state index in [0.717, 1.165) is 11.1 Å². The quantitative estimate of drug-likeness (QED) is 0.564. The smallest absolute Gasteiger partial charge is 0.309 e. The molecule has 1 heterocycles. The van der Waals surface area contributed by atoms with Gasteiger partial charge in [-0.25, -0.2) is 0 Å². The van der Waals surface area contributed by atoms with E-state index in [0.29, 0.717) is 30.9 Å². The first-order valence-corrected chi connectivity index (χ1v) is 9.12. The van der Waals surface area contributed by atoms with Gasteiger partial charge in [0.25, 0.3) is 0 Å². The summed E-state index contributed by atoms with van der Waals surface area (Å²) in [6.07, 6.45) is 1.14. The summed E-state index contributed by atoms with van der Waals surface area (Å²) in [4.78, 5) is 34.6. The minimum absolute atomic E-state index is 0.0115. The van der Waals surface area contributed by atoms with Crippen LogP contribution in [-0.2, 0) is 32.0 Å². The molecule has 0 amide bonds. The maximum atomic E-state index is 12.3. The summed E-state index contributed by atoms with van der Waals surface area (Å²) in [6.45, 7) is 3.06. The van der Waals surface area contributed by atoms with Crippen LogP contribution in [0.3, 0.4) is 0 Å². The maximum Gasteiger partial charge on any atom is 0.309 e. The van der Waals surface area contributed by atoms with Gasteiger partial charge in [0.05, 0.1) is 12.5 Å². The Hall–Kier alpha value is -3.15. The lowest BCUT2D eigenvalue weighted by Crippen LogP contribution is -2.20. The van der Waals surface area contributed by atoms with E-state index in [4.69, 9.17) is 14.2 Å². The van der Waals surface area contributed by atoms with Gasteiger partial charge in [-0.15, -0.1) is 0 Å². The van der Waals surface area contributed by atoms with Crippen molar-refractivity contribution in [3.63, 3.8) is 0 Å². The van der Waals surface area contributed by atoms with Crippen molar-refractivity contribution in [3.8, 4) is 11.5 Å². The van der Waals surface area contributed by atoms with Crippen LogP contribution in [-0.4, -0.2) is 24.5 Å². The zero-order chi connectivity index (χ0) is 20.1. The van der Waals surface area contributed by atoms with E-state index in [1.807, 2.05) is 24.3 Å². The van der Waals surface area contributed by atoms with Gasteiger partial charge >= 0.3 is 17.9 Å². The van der Waals surface area contributed by atoms with Crippen LogP contribution in [0.4, 0.5) is 0 Å². The summed E-state index contributed by atoms with van der Waals surface area (Å²) in [7, 11) is 0. The molecule has 146 valence electrons. The number of carbonyl (C=O) groups excluding carboxylic acids is 3. The number of carbonyl (C=O) groups is 3. The predicted molar refractivity (Wildman–Crippen MR) is 101 cm³/mol. The van der Waals surface area contributed by atoms with Crippen molar-refractivity contribution < 1.29 is 28.6 Å². The molecule has 28 heavy (non-hydrogen) atoms. The molecule has 0 aliphatic carbocycles.